The normalized spacial score (nSPS) is 19.5. The Kier molecular flexibility index (Phi) is 6.99. The number of carbonyl (C=O) groups excluding carboxylic acids is 1. The van der Waals surface area contributed by atoms with E-state index in [9.17, 15) is 4.79 Å². The number of fused-ring (bicyclic) bond motifs is 1. The topological polar surface area (TPSA) is 79.4 Å². The van der Waals surface area contributed by atoms with Gasteiger partial charge in [0.15, 0.2) is 12.0 Å². The van der Waals surface area contributed by atoms with E-state index in [4.69, 9.17) is 23.7 Å². The van der Waals surface area contributed by atoms with Gasteiger partial charge in [-0.15, -0.1) is 0 Å². The molecule has 8 heteroatoms. The van der Waals surface area contributed by atoms with Crippen LogP contribution in [0.2, 0.25) is 0 Å². The van der Waals surface area contributed by atoms with Crippen molar-refractivity contribution in [2.45, 2.75) is 38.4 Å². The van der Waals surface area contributed by atoms with Gasteiger partial charge in [0, 0.05) is 18.2 Å². The Labute approximate surface area is 204 Å². The summed E-state index contributed by atoms with van der Waals surface area (Å²) in [6, 6.07) is 7.77. The summed E-state index contributed by atoms with van der Waals surface area (Å²) in [4.78, 5) is 18.3. The summed E-state index contributed by atoms with van der Waals surface area (Å²) >= 11 is 0. The van der Waals surface area contributed by atoms with Crippen molar-refractivity contribution in [2.75, 3.05) is 20.3 Å². The number of cyclic esters (lactones) is 1. The first-order chi connectivity index (χ1) is 17.2. The number of nitrogens with zero attached hydrogens (tertiary/aromatic N) is 2. The van der Waals surface area contributed by atoms with E-state index in [1.54, 1.807) is 19.6 Å². The molecule has 1 atom stereocenters. The molecule has 8 nitrogen and oxygen atoms in total. The Balaban J connectivity index is 1.09. The quantitative estimate of drug-likeness (QED) is 0.453. The molecule has 3 heterocycles. The van der Waals surface area contributed by atoms with Crippen LogP contribution in [0.4, 0.5) is 4.79 Å². The third-order valence-electron chi connectivity index (χ3n) is 6.14. The third kappa shape index (κ3) is 5.33. The molecular formula is C27H28N2O6. The van der Waals surface area contributed by atoms with Crippen molar-refractivity contribution >= 4 is 17.0 Å². The van der Waals surface area contributed by atoms with Gasteiger partial charge < -0.3 is 23.7 Å². The molecule has 1 fully saturated rings. The SMILES string of the molecule is COc1ccc2nccc(COCCC[C@H]3CN(C4=COC=C(C5=CC=CCC5)O4)C(=O)O3)c2c1. The highest BCUT2D eigenvalue weighted by molar-refractivity contribution is 5.83. The number of allylic oxidation sites excluding steroid dienone is 4. The van der Waals surface area contributed by atoms with E-state index in [0.717, 1.165) is 47.1 Å². The van der Waals surface area contributed by atoms with Gasteiger partial charge in [-0.3, -0.25) is 4.98 Å². The lowest BCUT2D eigenvalue weighted by Gasteiger charge is -2.23. The molecule has 0 spiro atoms. The maximum absolute atomic E-state index is 12.5. The highest BCUT2D eigenvalue weighted by atomic mass is 16.6. The molecule has 182 valence electrons. The Hall–Kier alpha value is -3.78. The van der Waals surface area contributed by atoms with Crippen molar-refractivity contribution < 1.29 is 28.5 Å². The summed E-state index contributed by atoms with van der Waals surface area (Å²) in [7, 11) is 1.65. The van der Waals surface area contributed by atoms with Gasteiger partial charge in [0.1, 0.15) is 18.1 Å². The molecule has 1 aromatic carbocycles. The van der Waals surface area contributed by atoms with Gasteiger partial charge in [0.25, 0.3) is 0 Å². The van der Waals surface area contributed by atoms with Crippen molar-refractivity contribution in [3.8, 4) is 5.75 Å². The van der Waals surface area contributed by atoms with Crippen LogP contribution in [0.25, 0.3) is 10.9 Å². The van der Waals surface area contributed by atoms with Crippen molar-refractivity contribution in [3.63, 3.8) is 0 Å². The van der Waals surface area contributed by atoms with Gasteiger partial charge in [0.2, 0.25) is 5.88 Å². The lowest BCUT2D eigenvalue weighted by molar-refractivity contribution is 0.0962. The van der Waals surface area contributed by atoms with Gasteiger partial charge in [0.05, 0.1) is 25.8 Å². The molecule has 2 aromatic rings. The van der Waals surface area contributed by atoms with Crippen LogP contribution < -0.4 is 4.74 Å². The first-order valence-electron chi connectivity index (χ1n) is 11.8. The molecule has 1 saturated heterocycles. The molecule has 1 aliphatic carbocycles. The number of hydrogen-bond donors (Lipinski definition) is 0. The van der Waals surface area contributed by atoms with Crippen molar-refractivity contribution in [3.05, 3.63) is 84.0 Å². The van der Waals surface area contributed by atoms with Crippen molar-refractivity contribution in [1.29, 1.82) is 0 Å². The summed E-state index contributed by atoms with van der Waals surface area (Å²) in [6.07, 6.45) is 13.5. The van der Waals surface area contributed by atoms with Crippen molar-refractivity contribution in [1.82, 2.24) is 9.88 Å². The number of pyridine rings is 1. The largest absolute Gasteiger partial charge is 0.497 e. The zero-order valence-corrected chi connectivity index (χ0v) is 19.6. The Morgan fingerprint density at radius 2 is 2.17 bits per heavy atom. The number of methoxy groups -OCH3 is 1. The molecule has 1 aromatic heterocycles. The van der Waals surface area contributed by atoms with E-state index in [1.807, 2.05) is 36.4 Å². The first kappa shape index (κ1) is 23.0. The predicted octanol–water partition coefficient (Wildman–Crippen LogP) is 5.32. The Bertz CT molecular complexity index is 1220. The van der Waals surface area contributed by atoms with Gasteiger partial charge in [-0.05, 0) is 61.1 Å². The summed E-state index contributed by atoms with van der Waals surface area (Å²) in [5.41, 5.74) is 3.00. The molecule has 2 aliphatic heterocycles. The van der Waals surface area contributed by atoms with Gasteiger partial charge >= 0.3 is 6.09 Å². The van der Waals surface area contributed by atoms with Crippen LogP contribution in [0, 0.1) is 0 Å². The zero-order valence-electron chi connectivity index (χ0n) is 19.6. The second-order valence-electron chi connectivity index (χ2n) is 8.50. The predicted molar refractivity (Wildman–Crippen MR) is 129 cm³/mol. The van der Waals surface area contributed by atoms with Crippen LogP contribution in [0.15, 0.2) is 78.4 Å². The summed E-state index contributed by atoms with van der Waals surface area (Å²) in [6.45, 7) is 1.44. The number of amides is 1. The molecule has 0 unspecified atom stereocenters. The molecular weight excluding hydrogens is 448 g/mol. The molecule has 1 amide bonds. The highest BCUT2D eigenvalue weighted by Crippen LogP contribution is 2.30. The summed E-state index contributed by atoms with van der Waals surface area (Å²) in [5, 5.41) is 1.02. The van der Waals surface area contributed by atoms with Crippen LogP contribution in [0.5, 0.6) is 5.75 Å². The third-order valence-corrected chi connectivity index (χ3v) is 6.14. The van der Waals surface area contributed by atoms with E-state index in [2.05, 4.69) is 11.1 Å². The van der Waals surface area contributed by atoms with E-state index in [1.165, 1.54) is 11.2 Å². The smallest absolute Gasteiger partial charge is 0.417 e. The standard InChI is InChI=1S/C27H28N2O6/c1-31-21-9-10-24-23(14-21)20(11-12-28-24)16-32-13-5-8-22-15-29(27(30)34-22)26-18-33-17-25(35-26)19-6-3-2-4-7-19/h2-3,6,9-12,14,17-18,22H,4-5,7-8,13,15-16H2,1H3/t22-/m0/s1. The number of ether oxygens (including phenoxy) is 5. The van der Waals surface area contributed by atoms with E-state index in [-0.39, 0.29) is 6.10 Å². The fourth-order valence-electron chi connectivity index (χ4n) is 4.26. The fraction of sp³-hybridized carbons (Fsp3) is 0.333. The lowest BCUT2D eigenvalue weighted by atomic mass is 10.0. The van der Waals surface area contributed by atoms with Gasteiger partial charge in [-0.25, -0.2) is 9.69 Å². The minimum absolute atomic E-state index is 0.229. The van der Waals surface area contributed by atoms with E-state index < -0.39 is 6.09 Å². The van der Waals surface area contributed by atoms with Crippen LogP contribution in [-0.2, 0) is 25.6 Å². The van der Waals surface area contributed by atoms with Crippen LogP contribution in [0.1, 0.15) is 31.2 Å². The number of carbonyl (C=O) groups is 1. The molecule has 0 N–H and O–H groups in total. The number of hydrogen-bond acceptors (Lipinski definition) is 7. The van der Waals surface area contributed by atoms with Gasteiger partial charge in [-0.1, -0.05) is 18.2 Å². The second-order valence-corrected chi connectivity index (χ2v) is 8.50. The molecule has 5 rings (SSSR count). The second kappa shape index (κ2) is 10.7. The molecule has 0 radical (unpaired) electrons. The van der Waals surface area contributed by atoms with E-state index >= 15 is 0 Å². The van der Waals surface area contributed by atoms with Crippen LogP contribution in [0.3, 0.4) is 0 Å². The Morgan fingerprint density at radius 1 is 1.23 bits per heavy atom. The highest BCUT2D eigenvalue weighted by Gasteiger charge is 2.36. The fourth-order valence-corrected chi connectivity index (χ4v) is 4.26. The Morgan fingerprint density at radius 3 is 3.03 bits per heavy atom. The molecule has 35 heavy (non-hydrogen) atoms. The van der Waals surface area contributed by atoms with Crippen molar-refractivity contribution in [2.24, 2.45) is 0 Å². The molecule has 0 saturated carbocycles. The first-order valence-corrected chi connectivity index (χ1v) is 11.8. The van der Waals surface area contributed by atoms with Gasteiger partial charge in [-0.2, -0.15) is 0 Å². The number of aromatic nitrogens is 1. The maximum Gasteiger partial charge on any atom is 0.417 e. The van der Waals surface area contributed by atoms with E-state index in [0.29, 0.717) is 37.8 Å². The monoisotopic (exact) mass is 476 g/mol. The minimum Gasteiger partial charge on any atom is -0.497 e. The summed E-state index contributed by atoms with van der Waals surface area (Å²) < 4.78 is 28.2. The summed E-state index contributed by atoms with van der Waals surface area (Å²) in [5.74, 6) is 1.76. The maximum atomic E-state index is 12.5. The zero-order chi connectivity index (χ0) is 24.0. The minimum atomic E-state index is -0.429. The molecule has 3 aliphatic rings. The van der Waals surface area contributed by atoms with Crippen LogP contribution >= 0.6 is 0 Å². The lowest BCUT2D eigenvalue weighted by Crippen LogP contribution is -2.27. The number of benzene rings is 1. The van der Waals surface area contributed by atoms with Crippen LogP contribution in [-0.4, -0.2) is 42.3 Å². The average Bonchev–Trinajstić information content (AvgIpc) is 3.29. The average molecular weight is 477 g/mol. The number of rotatable bonds is 9. The molecule has 0 bridgehead atoms.